The van der Waals surface area contributed by atoms with E-state index in [0.29, 0.717) is 5.41 Å². The number of hydrogen-bond donors (Lipinski definition) is 1. The van der Waals surface area contributed by atoms with E-state index in [2.05, 4.69) is 71.3 Å². The summed E-state index contributed by atoms with van der Waals surface area (Å²) in [5, 5.41) is 8.03. The highest BCUT2D eigenvalue weighted by Gasteiger charge is 2.52. The van der Waals surface area contributed by atoms with Gasteiger partial charge >= 0.3 is 0 Å². The Morgan fingerprint density at radius 2 is 1.84 bits per heavy atom. The predicted molar refractivity (Wildman–Crippen MR) is 122 cm³/mol. The number of hydrogen-bond acceptors (Lipinski definition) is 5. The van der Waals surface area contributed by atoms with Crippen LogP contribution in [0.1, 0.15) is 76.7 Å². The number of aryl methyl sites for hydroxylation is 1. The third-order valence-electron chi connectivity index (χ3n) is 7.48. The summed E-state index contributed by atoms with van der Waals surface area (Å²) in [4.78, 5) is 9.17. The average molecular weight is 420 g/mol. The van der Waals surface area contributed by atoms with Gasteiger partial charge in [0.05, 0.1) is 12.0 Å². The topological polar surface area (TPSA) is 68.8 Å². The molecule has 3 aliphatic carbocycles. The zero-order valence-corrected chi connectivity index (χ0v) is 19.1. The van der Waals surface area contributed by atoms with E-state index < -0.39 is 0 Å². The van der Waals surface area contributed by atoms with Crippen LogP contribution >= 0.6 is 0 Å². The third kappa shape index (κ3) is 3.77. The minimum absolute atomic E-state index is 0.0701. The minimum atomic E-state index is -0.0701. The van der Waals surface area contributed by atoms with E-state index in [-0.39, 0.29) is 10.8 Å². The van der Waals surface area contributed by atoms with Gasteiger partial charge in [-0.2, -0.15) is 4.98 Å². The zero-order valence-electron chi connectivity index (χ0n) is 19.1. The van der Waals surface area contributed by atoms with Gasteiger partial charge in [-0.25, -0.2) is 4.98 Å². The molecule has 3 aromatic rings. The van der Waals surface area contributed by atoms with Crippen LogP contribution in [0, 0.1) is 12.3 Å². The van der Waals surface area contributed by atoms with E-state index in [1.165, 1.54) is 24.9 Å². The van der Waals surface area contributed by atoms with Crippen molar-refractivity contribution in [2.45, 2.75) is 77.0 Å². The number of benzene rings is 1. The van der Waals surface area contributed by atoms with Gasteiger partial charge < -0.3 is 14.4 Å². The lowest BCUT2D eigenvalue weighted by Gasteiger charge is -2.52. The minimum Gasteiger partial charge on any atom is -0.384 e. The van der Waals surface area contributed by atoms with Crippen molar-refractivity contribution < 1.29 is 4.52 Å². The van der Waals surface area contributed by atoms with Crippen LogP contribution in [-0.4, -0.2) is 26.2 Å². The van der Waals surface area contributed by atoms with Gasteiger partial charge in [-0.1, -0.05) is 32.0 Å². The molecule has 0 unspecified atom stereocenters. The molecule has 3 saturated carbocycles. The lowest BCUT2D eigenvalue weighted by molar-refractivity contribution is 0.0322. The van der Waals surface area contributed by atoms with Crippen molar-refractivity contribution in [2.24, 2.45) is 5.41 Å². The SMILES string of the molecule is Cc1cn(-c2cccc(NCC34CCC(c5nc(C(C)(C)C)no5)(CC3)CC4)c2)cn1. The van der Waals surface area contributed by atoms with E-state index in [1.54, 1.807) is 0 Å². The molecule has 0 atom stereocenters. The number of nitrogens with one attached hydrogen (secondary N) is 1. The summed E-state index contributed by atoms with van der Waals surface area (Å²) in [6.07, 6.45) is 11.0. The summed E-state index contributed by atoms with van der Waals surface area (Å²) in [6.45, 7) is 9.46. The van der Waals surface area contributed by atoms with Crippen LogP contribution in [0.3, 0.4) is 0 Å². The van der Waals surface area contributed by atoms with Gasteiger partial charge in [0.1, 0.15) is 0 Å². The first kappa shape index (κ1) is 20.3. The highest BCUT2D eigenvalue weighted by atomic mass is 16.5. The number of imidazole rings is 1. The molecule has 3 fully saturated rings. The molecule has 31 heavy (non-hydrogen) atoms. The second-order valence-corrected chi connectivity index (χ2v) is 10.8. The molecule has 0 saturated heterocycles. The number of aromatic nitrogens is 4. The fourth-order valence-corrected chi connectivity index (χ4v) is 5.22. The Balaban J connectivity index is 1.25. The first-order chi connectivity index (χ1) is 14.8. The van der Waals surface area contributed by atoms with Gasteiger partial charge in [-0.05, 0) is 69.1 Å². The van der Waals surface area contributed by atoms with E-state index in [1.807, 2.05) is 13.3 Å². The Morgan fingerprint density at radius 1 is 1.10 bits per heavy atom. The van der Waals surface area contributed by atoms with Crippen molar-refractivity contribution >= 4 is 5.69 Å². The average Bonchev–Trinajstić information content (AvgIpc) is 3.44. The van der Waals surface area contributed by atoms with Gasteiger partial charge in [-0.15, -0.1) is 0 Å². The molecule has 164 valence electrons. The molecule has 2 bridgehead atoms. The maximum Gasteiger partial charge on any atom is 0.232 e. The van der Waals surface area contributed by atoms with Gasteiger partial charge in [0.15, 0.2) is 5.82 Å². The standard InChI is InChI=1S/C25H33N5O/c1-18-15-30(17-27-18)20-7-5-6-19(14-20)26-16-24-8-11-25(12-9-24,13-10-24)22-28-21(29-31-22)23(2,3)4/h5-7,14-15,17,26H,8-13,16H2,1-4H3. The summed E-state index contributed by atoms with van der Waals surface area (Å²) in [5.74, 6) is 1.70. The molecular formula is C25H33N5O. The predicted octanol–water partition coefficient (Wildman–Crippen LogP) is 5.57. The van der Waals surface area contributed by atoms with E-state index in [4.69, 9.17) is 9.51 Å². The van der Waals surface area contributed by atoms with Gasteiger partial charge in [0.25, 0.3) is 0 Å². The maximum atomic E-state index is 5.78. The van der Waals surface area contributed by atoms with Crippen molar-refractivity contribution in [3.63, 3.8) is 0 Å². The van der Waals surface area contributed by atoms with Gasteiger partial charge in [0, 0.05) is 34.9 Å². The van der Waals surface area contributed by atoms with Crippen LogP contribution < -0.4 is 5.32 Å². The molecule has 0 amide bonds. The molecule has 6 heteroatoms. The second kappa shape index (κ2) is 7.21. The molecule has 3 aliphatic rings. The molecule has 2 heterocycles. The number of fused-ring (bicyclic) bond motifs is 3. The third-order valence-corrected chi connectivity index (χ3v) is 7.48. The summed E-state index contributed by atoms with van der Waals surface area (Å²) in [5.41, 5.74) is 3.74. The molecule has 0 spiro atoms. The Labute approximate surface area is 184 Å². The summed E-state index contributed by atoms with van der Waals surface area (Å²) in [7, 11) is 0. The van der Waals surface area contributed by atoms with E-state index in [9.17, 15) is 0 Å². The van der Waals surface area contributed by atoms with E-state index >= 15 is 0 Å². The molecule has 2 aromatic heterocycles. The second-order valence-electron chi connectivity index (χ2n) is 10.8. The Hall–Kier alpha value is -2.63. The highest BCUT2D eigenvalue weighted by Crippen LogP contribution is 2.57. The molecule has 6 nitrogen and oxygen atoms in total. The van der Waals surface area contributed by atoms with Crippen LogP contribution in [0.5, 0.6) is 0 Å². The number of nitrogens with zero attached hydrogens (tertiary/aromatic N) is 4. The maximum absolute atomic E-state index is 5.78. The molecular weight excluding hydrogens is 386 g/mol. The summed E-state index contributed by atoms with van der Waals surface area (Å²) < 4.78 is 7.86. The fraction of sp³-hybridized carbons (Fsp3) is 0.560. The molecule has 1 aromatic carbocycles. The Kier molecular flexibility index (Phi) is 4.72. The smallest absolute Gasteiger partial charge is 0.232 e. The van der Waals surface area contributed by atoms with Crippen molar-refractivity contribution in [3.05, 3.63) is 54.2 Å². The molecule has 0 aliphatic heterocycles. The normalized spacial score (nSPS) is 25.7. The lowest BCUT2D eigenvalue weighted by atomic mass is 9.53. The largest absolute Gasteiger partial charge is 0.384 e. The number of rotatable bonds is 5. The first-order valence-electron chi connectivity index (χ1n) is 11.5. The van der Waals surface area contributed by atoms with Crippen LogP contribution in [0.15, 0.2) is 41.3 Å². The summed E-state index contributed by atoms with van der Waals surface area (Å²) >= 11 is 0. The first-order valence-corrected chi connectivity index (χ1v) is 11.5. The van der Waals surface area contributed by atoms with Crippen molar-refractivity contribution in [3.8, 4) is 5.69 Å². The molecule has 0 radical (unpaired) electrons. The quantitative estimate of drug-likeness (QED) is 0.586. The molecule has 1 N–H and O–H groups in total. The zero-order chi connectivity index (χ0) is 21.7. The van der Waals surface area contributed by atoms with Crippen LogP contribution in [0.25, 0.3) is 5.69 Å². The lowest BCUT2D eigenvalue weighted by Crippen LogP contribution is -2.47. The van der Waals surface area contributed by atoms with Gasteiger partial charge in [0.2, 0.25) is 5.89 Å². The van der Waals surface area contributed by atoms with Gasteiger partial charge in [-0.3, -0.25) is 0 Å². The summed E-state index contributed by atoms with van der Waals surface area (Å²) in [6, 6.07) is 8.60. The van der Waals surface area contributed by atoms with Crippen molar-refractivity contribution in [1.29, 1.82) is 0 Å². The highest BCUT2D eigenvalue weighted by molar-refractivity contribution is 5.51. The molecule has 6 rings (SSSR count). The van der Waals surface area contributed by atoms with Crippen LogP contribution in [0.2, 0.25) is 0 Å². The van der Waals surface area contributed by atoms with Crippen molar-refractivity contribution in [1.82, 2.24) is 19.7 Å². The van der Waals surface area contributed by atoms with Crippen LogP contribution in [-0.2, 0) is 10.8 Å². The van der Waals surface area contributed by atoms with Crippen molar-refractivity contribution in [2.75, 3.05) is 11.9 Å². The monoisotopic (exact) mass is 419 g/mol. The fourth-order valence-electron chi connectivity index (χ4n) is 5.22. The Morgan fingerprint density at radius 3 is 2.45 bits per heavy atom. The van der Waals surface area contributed by atoms with Crippen LogP contribution in [0.4, 0.5) is 5.69 Å². The number of anilines is 1. The van der Waals surface area contributed by atoms with E-state index in [0.717, 1.165) is 48.9 Å². The Bertz CT molecular complexity index is 1050.